The van der Waals surface area contributed by atoms with Gasteiger partial charge in [0.1, 0.15) is 11.6 Å². The number of hydrogen-bond donors (Lipinski definition) is 2. The van der Waals surface area contributed by atoms with Crippen molar-refractivity contribution in [3.8, 4) is 0 Å². The summed E-state index contributed by atoms with van der Waals surface area (Å²) in [5.74, 6) is -1.99. The second-order valence-corrected chi connectivity index (χ2v) is 7.44. The van der Waals surface area contributed by atoms with E-state index in [1.165, 1.54) is 32.1 Å². The van der Waals surface area contributed by atoms with E-state index in [9.17, 15) is 14.4 Å². The lowest BCUT2D eigenvalue weighted by Crippen LogP contribution is -2.45. The number of hydrogen-bond acceptors (Lipinski definition) is 5. The third-order valence-electron chi connectivity index (χ3n) is 3.59. The maximum Gasteiger partial charge on any atom is 0.407 e. The van der Waals surface area contributed by atoms with Crippen LogP contribution >= 0.6 is 0 Å². The number of carboxylic acid groups (broad SMARTS) is 1. The molecule has 1 amide bonds. The molecule has 0 aromatic carbocycles. The molecule has 0 bridgehead atoms. The number of carbonyl (C=O) groups excluding carboxylic acids is 2. The molecule has 1 atom stereocenters. The lowest BCUT2D eigenvalue weighted by Gasteiger charge is -2.23. The Kier molecular flexibility index (Phi) is 12.5. The third-order valence-corrected chi connectivity index (χ3v) is 3.59. The van der Waals surface area contributed by atoms with Crippen LogP contribution in [0.2, 0.25) is 0 Å². The van der Waals surface area contributed by atoms with Gasteiger partial charge in [0.2, 0.25) is 0 Å². The largest absolute Gasteiger partial charge is 0.481 e. The monoisotopic (exact) mass is 373 g/mol. The van der Waals surface area contributed by atoms with Gasteiger partial charge in [-0.05, 0) is 27.2 Å². The number of carbonyl (C=O) groups is 3. The molecule has 0 heterocycles. The lowest BCUT2D eigenvalue weighted by atomic mass is 10.1. The van der Waals surface area contributed by atoms with E-state index >= 15 is 0 Å². The molecule has 0 fully saturated rings. The number of carboxylic acids is 1. The second-order valence-electron chi connectivity index (χ2n) is 7.44. The zero-order chi connectivity index (χ0) is 20.0. The van der Waals surface area contributed by atoms with Crippen molar-refractivity contribution >= 4 is 18.0 Å². The van der Waals surface area contributed by atoms with Crippen molar-refractivity contribution in [2.24, 2.45) is 0 Å². The van der Waals surface area contributed by atoms with Gasteiger partial charge in [-0.1, -0.05) is 51.9 Å². The molecule has 1 unspecified atom stereocenters. The van der Waals surface area contributed by atoms with E-state index in [0.717, 1.165) is 19.3 Å². The molecule has 7 nitrogen and oxygen atoms in total. The van der Waals surface area contributed by atoms with Gasteiger partial charge in [-0.15, -0.1) is 0 Å². The zero-order valence-corrected chi connectivity index (χ0v) is 16.6. The zero-order valence-electron chi connectivity index (χ0n) is 16.6. The van der Waals surface area contributed by atoms with E-state index < -0.39 is 36.1 Å². The van der Waals surface area contributed by atoms with Gasteiger partial charge in [-0.2, -0.15) is 0 Å². The highest BCUT2D eigenvalue weighted by Crippen LogP contribution is 2.11. The quantitative estimate of drug-likeness (QED) is 0.373. The predicted molar refractivity (Wildman–Crippen MR) is 99.0 cm³/mol. The highest BCUT2D eigenvalue weighted by molar-refractivity contribution is 5.85. The second kappa shape index (κ2) is 13.4. The minimum atomic E-state index is -1.27. The Hall–Kier alpha value is -1.79. The molecule has 2 N–H and O–H groups in total. The summed E-state index contributed by atoms with van der Waals surface area (Å²) in [6, 6.07) is -1.27. The molecular formula is C19H35NO6. The smallest absolute Gasteiger partial charge is 0.407 e. The highest BCUT2D eigenvalue weighted by atomic mass is 16.6. The van der Waals surface area contributed by atoms with Crippen molar-refractivity contribution in [1.82, 2.24) is 5.32 Å². The summed E-state index contributed by atoms with van der Waals surface area (Å²) in [6.07, 6.45) is 7.67. The molecule has 26 heavy (non-hydrogen) atoms. The topological polar surface area (TPSA) is 102 Å². The van der Waals surface area contributed by atoms with Gasteiger partial charge in [0.15, 0.2) is 0 Å². The van der Waals surface area contributed by atoms with E-state index in [1.54, 1.807) is 20.8 Å². The van der Waals surface area contributed by atoms with Crippen molar-refractivity contribution in [1.29, 1.82) is 0 Å². The van der Waals surface area contributed by atoms with Gasteiger partial charge in [0, 0.05) is 0 Å². The van der Waals surface area contributed by atoms with Crippen LogP contribution in [0.3, 0.4) is 0 Å². The Morgan fingerprint density at radius 3 is 2.00 bits per heavy atom. The lowest BCUT2D eigenvalue weighted by molar-refractivity contribution is -0.159. The van der Waals surface area contributed by atoms with Gasteiger partial charge in [-0.3, -0.25) is 4.79 Å². The van der Waals surface area contributed by atoms with Crippen molar-refractivity contribution < 1.29 is 29.0 Å². The summed E-state index contributed by atoms with van der Waals surface area (Å²) < 4.78 is 10.2. The summed E-state index contributed by atoms with van der Waals surface area (Å²) in [5, 5.41) is 11.2. The molecule has 0 saturated carbocycles. The van der Waals surface area contributed by atoms with Gasteiger partial charge in [0.05, 0.1) is 13.0 Å². The molecule has 0 aromatic heterocycles. The molecule has 152 valence electrons. The summed E-state index contributed by atoms with van der Waals surface area (Å²) in [4.78, 5) is 34.7. The minimum absolute atomic E-state index is 0.245. The number of nitrogens with one attached hydrogen (secondary N) is 1. The minimum Gasteiger partial charge on any atom is -0.481 e. The fourth-order valence-corrected chi connectivity index (χ4v) is 2.33. The first-order chi connectivity index (χ1) is 12.2. The molecule has 0 aliphatic carbocycles. The van der Waals surface area contributed by atoms with Crippen molar-refractivity contribution in [3.63, 3.8) is 0 Å². The van der Waals surface area contributed by atoms with Crippen LogP contribution in [0.1, 0.15) is 85.5 Å². The first-order valence-corrected chi connectivity index (χ1v) is 9.53. The Morgan fingerprint density at radius 1 is 0.962 bits per heavy atom. The SMILES string of the molecule is CCCCCCCCCCOC(=O)NC(CC(=O)O)C(=O)OC(C)(C)C. The first-order valence-electron chi connectivity index (χ1n) is 9.53. The summed E-state index contributed by atoms with van der Waals surface area (Å²) in [6.45, 7) is 7.44. The molecule has 0 spiro atoms. The third kappa shape index (κ3) is 14.5. The Labute approximate surface area is 156 Å². The molecule has 0 saturated heterocycles. The van der Waals surface area contributed by atoms with Crippen molar-refractivity contribution in [3.05, 3.63) is 0 Å². The Balaban J connectivity index is 4.06. The first kappa shape index (κ1) is 24.2. The Morgan fingerprint density at radius 2 is 1.50 bits per heavy atom. The fourth-order valence-electron chi connectivity index (χ4n) is 2.33. The van der Waals surface area contributed by atoms with E-state index in [1.807, 2.05) is 0 Å². The molecule has 7 heteroatoms. The van der Waals surface area contributed by atoms with Crippen LogP contribution < -0.4 is 5.32 Å². The van der Waals surface area contributed by atoms with E-state index in [4.69, 9.17) is 14.6 Å². The van der Waals surface area contributed by atoms with Gasteiger partial charge < -0.3 is 19.9 Å². The predicted octanol–water partition coefficient (Wildman–Crippen LogP) is 4.04. The summed E-state index contributed by atoms with van der Waals surface area (Å²) in [7, 11) is 0. The summed E-state index contributed by atoms with van der Waals surface area (Å²) >= 11 is 0. The van der Waals surface area contributed by atoms with E-state index in [2.05, 4.69) is 12.2 Å². The van der Waals surface area contributed by atoms with Crippen LogP contribution in [0.25, 0.3) is 0 Å². The standard InChI is InChI=1S/C19H35NO6/c1-5-6-7-8-9-10-11-12-13-25-18(24)20-15(14-16(21)22)17(23)26-19(2,3)4/h15H,5-14H2,1-4H3,(H,20,24)(H,21,22). The van der Waals surface area contributed by atoms with E-state index in [0.29, 0.717) is 0 Å². The van der Waals surface area contributed by atoms with Gasteiger partial charge in [0.25, 0.3) is 0 Å². The van der Waals surface area contributed by atoms with Crippen LogP contribution in [0.15, 0.2) is 0 Å². The van der Waals surface area contributed by atoms with Crippen molar-refractivity contribution in [2.75, 3.05) is 6.61 Å². The number of aliphatic carboxylic acids is 1. The number of unbranched alkanes of at least 4 members (excludes halogenated alkanes) is 7. The highest BCUT2D eigenvalue weighted by Gasteiger charge is 2.29. The number of alkyl carbamates (subject to hydrolysis) is 1. The summed E-state index contributed by atoms with van der Waals surface area (Å²) in [5.41, 5.74) is -0.767. The number of rotatable bonds is 13. The molecule has 0 aromatic rings. The molecule has 0 rings (SSSR count). The fraction of sp³-hybridized carbons (Fsp3) is 0.842. The maximum atomic E-state index is 12.0. The van der Waals surface area contributed by atoms with Crippen LogP contribution in [-0.4, -0.2) is 41.4 Å². The Bertz CT molecular complexity index is 430. The molecule has 0 radical (unpaired) electrons. The number of esters is 1. The van der Waals surface area contributed by atoms with Gasteiger partial charge >= 0.3 is 18.0 Å². The van der Waals surface area contributed by atoms with E-state index in [-0.39, 0.29) is 6.61 Å². The van der Waals surface area contributed by atoms with Crippen LogP contribution in [0.4, 0.5) is 4.79 Å². The van der Waals surface area contributed by atoms with Crippen LogP contribution in [-0.2, 0) is 19.1 Å². The normalized spacial score (nSPS) is 12.3. The molecular weight excluding hydrogens is 338 g/mol. The molecule has 0 aliphatic rings. The van der Waals surface area contributed by atoms with Gasteiger partial charge in [-0.25, -0.2) is 9.59 Å². The average Bonchev–Trinajstić information content (AvgIpc) is 2.50. The van der Waals surface area contributed by atoms with Crippen LogP contribution in [0.5, 0.6) is 0 Å². The molecule has 0 aliphatic heterocycles. The average molecular weight is 373 g/mol. The number of ether oxygens (including phenoxy) is 2. The maximum absolute atomic E-state index is 12.0. The van der Waals surface area contributed by atoms with Crippen molar-refractivity contribution in [2.45, 2.75) is 97.1 Å². The van der Waals surface area contributed by atoms with Crippen LogP contribution in [0, 0.1) is 0 Å². The number of amides is 1.